The molecule has 146 valence electrons. The molecule has 2 aliphatic rings. The van der Waals surface area contributed by atoms with Crippen molar-refractivity contribution in [2.45, 2.75) is 38.6 Å². The Bertz CT molecular complexity index is 891. The minimum absolute atomic E-state index is 0.0552. The van der Waals surface area contributed by atoms with Crippen LogP contribution in [0.4, 0.5) is 11.4 Å². The van der Waals surface area contributed by atoms with Crippen molar-refractivity contribution in [1.82, 2.24) is 5.32 Å². The number of carbonyl (C=O) groups excluding carboxylic acids is 2. The minimum atomic E-state index is -0.100. The van der Waals surface area contributed by atoms with Crippen LogP contribution in [0.5, 0.6) is 0 Å². The minimum Gasteiger partial charge on any atom is -0.358 e. The molecule has 5 heteroatoms. The number of aryl methyl sites for hydroxylation is 1. The van der Waals surface area contributed by atoms with E-state index in [9.17, 15) is 9.59 Å². The summed E-state index contributed by atoms with van der Waals surface area (Å²) in [7, 11) is 1.81. The fraction of sp³-hybridized carbons (Fsp3) is 0.391. The lowest BCUT2D eigenvalue weighted by molar-refractivity contribution is -0.120. The molecule has 2 amide bonds. The van der Waals surface area contributed by atoms with Gasteiger partial charge in [-0.15, -0.1) is 0 Å². The number of carbonyl (C=O) groups is 2. The van der Waals surface area contributed by atoms with Crippen LogP contribution < -0.4 is 15.1 Å². The maximum atomic E-state index is 12.7. The number of fused-ring (bicyclic) bond motifs is 3. The highest BCUT2D eigenvalue weighted by atomic mass is 16.2. The van der Waals surface area contributed by atoms with Gasteiger partial charge in [-0.2, -0.15) is 0 Å². The van der Waals surface area contributed by atoms with Crippen LogP contribution in [0.25, 0.3) is 0 Å². The fourth-order valence-electron chi connectivity index (χ4n) is 4.17. The maximum absolute atomic E-state index is 12.7. The lowest BCUT2D eigenvalue weighted by Crippen LogP contribution is -2.54. The average Bonchev–Trinajstić information content (AvgIpc) is 2.73. The van der Waals surface area contributed by atoms with E-state index >= 15 is 0 Å². The first kappa shape index (κ1) is 18.5. The number of anilines is 2. The summed E-state index contributed by atoms with van der Waals surface area (Å²) < 4.78 is 0. The van der Waals surface area contributed by atoms with E-state index in [1.54, 1.807) is 4.90 Å². The van der Waals surface area contributed by atoms with Crippen LogP contribution in [0, 0.1) is 6.92 Å². The average molecular weight is 377 g/mol. The van der Waals surface area contributed by atoms with Gasteiger partial charge < -0.3 is 15.1 Å². The van der Waals surface area contributed by atoms with Crippen LogP contribution in [0.15, 0.2) is 42.5 Å². The quantitative estimate of drug-likeness (QED) is 0.889. The molecule has 1 unspecified atom stereocenters. The second-order valence-corrected chi connectivity index (χ2v) is 7.80. The molecule has 0 saturated carbocycles. The summed E-state index contributed by atoms with van der Waals surface area (Å²) in [4.78, 5) is 29.3. The second kappa shape index (κ2) is 7.66. The van der Waals surface area contributed by atoms with Gasteiger partial charge in [-0.05, 0) is 56.4 Å². The van der Waals surface area contributed by atoms with E-state index in [0.29, 0.717) is 12.1 Å². The molecular weight excluding hydrogens is 350 g/mol. The van der Waals surface area contributed by atoms with Crippen LogP contribution in [0.2, 0.25) is 0 Å². The topological polar surface area (TPSA) is 52.7 Å². The van der Waals surface area contributed by atoms with Gasteiger partial charge in [0.05, 0.1) is 11.4 Å². The zero-order chi connectivity index (χ0) is 19.7. The van der Waals surface area contributed by atoms with Gasteiger partial charge in [-0.1, -0.05) is 29.8 Å². The first-order chi connectivity index (χ1) is 13.5. The van der Waals surface area contributed by atoms with E-state index in [-0.39, 0.29) is 17.9 Å². The van der Waals surface area contributed by atoms with Gasteiger partial charge in [-0.3, -0.25) is 9.59 Å². The Hall–Kier alpha value is -2.82. The summed E-state index contributed by atoms with van der Waals surface area (Å²) in [5, 5.41) is 3.00. The third-order valence-electron chi connectivity index (χ3n) is 5.85. The van der Waals surface area contributed by atoms with Crippen LogP contribution in [0.3, 0.4) is 0 Å². The highest BCUT2D eigenvalue weighted by Crippen LogP contribution is 2.39. The number of piperidine rings is 1. The first-order valence-electron chi connectivity index (χ1n) is 10.1. The molecule has 28 heavy (non-hydrogen) atoms. The van der Waals surface area contributed by atoms with Gasteiger partial charge in [-0.25, -0.2) is 0 Å². The van der Waals surface area contributed by atoms with E-state index in [1.165, 1.54) is 11.1 Å². The number of nitrogens with zero attached hydrogens (tertiary/aromatic N) is 2. The third kappa shape index (κ3) is 3.49. The Morgan fingerprint density at radius 1 is 1.11 bits per heavy atom. The van der Waals surface area contributed by atoms with E-state index in [4.69, 9.17) is 0 Å². The highest BCUT2D eigenvalue weighted by molar-refractivity contribution is 6.07. The Morgan fingerprint density at radius 3 is 2.68 bits per heavy atom. The van der Waals surface area contributed by atoms with Gasteiger partial charge in [0.2, 0.25) is 5.91 Å². The molecule has 2 aliphatic heterocycles. The largest absolute Gasteiger partial charge is 0.358 e. The number of amides is 2. The van der Waals surface area contributed by atoms with Crippen molar-refractivity contribution >= 4 is 23.2 Å². The molecule has 0 aromatic heterocycles. The summed E-state index contributed by atoms with van der Waals surface area (Å²) in [5.74, 6) is 0.0284. The summed E-state index contributed by atoms with van der Waals surface area (Å²) in [6.07, 6.45) is 3.90. The molecule has 0 radical (unpaired) electrons. The van der Waals surface area contributed by atoms with Crippen molar-refractivity contribution in [3.63, 3.8) is 0 Å². The monoisotopic (exact) mass is 377 g/mol. The zero-order valence-electron chi connectivity index (χ0n) is 16.6. The predicted molar refractivity (Wildman–Crippen MR) is 112 cm³/mol. The highest BCUT2D eigenvalue weighted by Gasteiger charge is 2.37. The number of rotatable bonds is 4. The SMILES string of the molecule is Cc1ccc(CCNC(=O)c2ccc3c(c2)N(C)C(=O)C2CCCCN32)cc1. The molecule has 0 bridgehead atoms. The molecular formula is C23H27N3O2. The van der Waals surface area contributed by atoms with E-state index < -0.39 is 0 Å². The summed E-state index contributed by atoms with van der Waals surface area (Å²) in [6, 6.07) is 14.0. The van der Waals surface area contributed by atoms with Gasteiger partial charge >= 0.3 is 0 Å². The smallest absolute Gasteiger partial charge is 0.251 e. The van der Waals surface area contributed by atoms with Gasteiger partial charge in [0.25, 0.3) is 5.91 Å². The van der Waals surface area contributed by atoms with Crippen LogP contribution >= 0.6 is 0 Å². The van der Waals surface area contributed by atoms with E-state index in [0.717, 1.165) is 43.6 Å². The molecule has 1 N–H and O–H groups in total. The molecule has 1 fully saturated rings. The fourth-order valence-corrected chi connectivity index (χ4v) is 4.17. The van der Waals surface area contributed by atoms with Crippen molar-refractivity contribution in [2.24, 2.45) is 0 Å². The normalized spacial score (nSPS) is 18.5. The molecule has 0 aliphatic carbocycles. The van der Waals surface area contributed by atoms with Crippen molar-refractivity contribution < 1.29 is 9.59 Å². The van der Waals surface area contributed by atoms with Crippen molar-refractivity contribution in [3.8, 4) is 0 Å². The van der Waals surface area contributed by atoms with Gasteiger partial charge in [0.15, 0.2) is 0 Å². The summed E-state index contributed by atoms with van der Waals surface area (Å²) in [6.45, 7) is 3.55. The molecule has 2 aromatic carbocycles. The number of benzene rings is 2. The molecule has 5 nitrogen and oxygen atoms in total. The van der Waals surface area contributed by atoms with E-state index in [1.807, 2.05) is 25.2 Å². The summed E-state index contributed by atoms with van der Waals surface area (Å²) >= 11 is 0. The van der Waals surface area contributed by atoms with Crippen molar-refractivity contribution in [1.29, 1.82) is 0 Å². The van der Waals surface area contributed by atoms with Crippen LogP contribution in [-0.4, -0.2) is 38.0 Å². The lowest BCUT2D eigenvalue weighted by Gasteiger charge is -2.44. The lowest BCUT2D eigenvalue weighted by atomic mass is 9.96. The van der Waals surface area contributed by atoms with Gasteiger partial charge in [0.1, 0.15) is 6.04 Å². The predicted octanol–water partition coefficient (Wildman–Crippen LogP) is 3.30. The summed E-state index contributed by atoms with van der Waals surface area (Å²) in [5.41, 5.74) is 4.92. The maximum Gasteiger partial charge on any atom is 0.251 e. The molecule has 1 saturated heterocycles. The van der Waals surface area contributed by atoms with Crippen molar-refractivity contribution in [2.75, 3.05) is 29.9 Å². The molecule has 2 heterocycles. The number of hydrogen-bond donors (Lipinski definition) is 1. The molecule has 2 aromatic rings. The number of nitrogens with one attached hydrogen (secondary N) is 1. The van der Waals surface area contributed by atoms with Gasteiger partial charge in [0, 0.05) is 25.7 Å². The standard InChI is InChI=1S/C23H27N3O2/c1-16-6-8-17(9-7-16)12-13-24-22(27)18-10-11-19-21(15-18)25(2)23(28)20-5-3-4-14-26(19)20/h6-11,15,20H,3-5,12-14H2,1-2H3,(H,24,27). The molecule has 4 rings (SSSR count). The van der Waals surface area contributed by atoms with Crippen LogP contribution in [-0.2, 0) is 11.2 Å². The van der Waals surface area contributed by atoms with Crippen LogP contribution in [0.1, 0.15) is 40.7 Å². The zero-order valence-corrected chi connectivity index (χ0v) is 16.6. The number of hydrogen-bond acceptors (Lipinski definition) is 3. The molecule has 1 atom stereocenters. The van der Waals surface area contributed by atoms with E-state index in [2.05, 4.69) is 41.4 Å². The Labute approximate surface area is 166 Å². The number of likely N-dealkylation sites (N-methyl/N-ethyl adjacent to an activating group) is 1. The first-order valence-corrected chi connectivity index (χ1v) is 10.1. The Balaban J connectivity index is 1.46. The Kier molecular flexibility index (Phi) is 5.07. The Morgan fingerprint density at radius 2 is 1.89 bits per heavy atom. The second-order valence-electron chi connectivity index (χ2n) is 7.80. The molecule has 0 spiro atoms. The third-order valence-corrected chi connectivity index (χ3v) is 5.85. The van der Waals surface area contributed by atoms with Crippen molar-refractivity contribution in [3.05, 3.63) is 59.2 Å².